The van der Waals surface area contributed by atoms with Gasteiger partial charge >= 0.3 is 0 Å². The topological polar surface area (TPSA) is 12.0 Å². The van der Waals surface area contributed by atoms with Crippen molar-refractivity contribution in [1.29, 1.82) is 0 Å². The van der Waals surface area contributed by atoms with Crippen LogP contribution < -0.4 is 5.32 Å². The highest BCUT2D eigenvalue weighted by atomic mass is 127. The predicted octanol–water partition coefficient (Wildman–Crippen LogP) is 3.24. The highest BCUT2D eigenvalue weighted by molar-refractivity contribution is 14.1. The van der Waals surface area contributed by atoms with Gasteiger partial charge < -0.3 is 5.32 Å². The van der Waals surface area contributed by atoms with Crippen LogP contribution in [0.3, 0.4) is 0 Å². The fourth-order valence-electron chi connectivity index (χ4n) is 1.87. The van der Waals surface area contributed by atoms with E-state index in [9.17, 15) is 4.39 Å². The van der Waals surface area contributed by atoms with Crippen LogP contribution in [0.2, 0.25) is 0 Å². The standard InChI is InChI=1S/C11H13FIN/c12-9-5-4-8(7-10(9)13)11-3-1-2-6-14-11/h4-5,7,11,14H,1-3,6H2/t11-/m1/s1. The number of rotatable bonds is 1. The Kier molecular flexibility index (Phi) is 3.38. The van der Waals surface area contributed by atoms with Gasteiger partial charge in [-0.25, -0.2) is 4.39 Å². The Bertz CT molecular complexity index is 321. The van der Waals surface area contributed by atoms with Crippen molar-refractivity contribution >= 4 is 22.6 Å². The number of hydrogen-bond donors (Lipinski definition) is 1. The largest absolute Gasteiger partial charge is 0.310 e. The van der Waals surface area contributed by atoms with E-state index in [2.05, 4.69) is 5.32 Å². The van der Waals surface area contributed by atoms with E-state index in [1.54, 1.807) is 6.07 Å². The second-order valence-corrected chi connectivity index (χ2v) is 4.84. The number of benzene rings is 1. The lowest BCUT2D eigenvalue weighted by Gasteiger charge is -2.23. The molecule has 2 rings (SSSR count). The first-order valence-corrected chi connectivity index (χ1v) is 6.03. The van der Waals surface area contributed by atoms with Gasteiger partial charge in [-0.2, -0.15) is 0 Å². The molecular weight excluding hydrogens is 292 g/mol. The first-order chi connectivity index (χ1) is 6.77. The third kappa shape index (κ3) is 2.25. The van der Waals surface area contributed by atoms with Crippen LogP contribution >= 0.6 is 22.6 Å². The van der Waals surface area contributed by atoms with Crippen LogP contribution in [-0.4, -0.2) is 6.54 Å². The molecule has 0 aliphatic carbocycles. The van der Waals surface area contributed by atoms with Crippen LogP contribution in [0.5, 0.6) is 0 Å². The molecule has 0 radical (unpaired) electrons. The smallest absolute Gasteiger partial charge is 0.136 e. The summed E-state index contributed by atoms with van der Waals surface area (Å²) >= 11 is 2.04. The SMILES string of the molecule is Fc1ccc([C@H]2CCCCN2)cc1I. The van der Waals surface area contributed by atoms with Crippen molar-refractivity contribution in [3.8, 4) is 0 Å². The average molecular weight is 305 g/mol. The lowest BCUT2D eigenvalue weighted by atomic mass is 9.98. The number of halogens is 2. The molecule has 3 heteroatoms. The van der Waals surface area contributed by atoms with Crippen molar-refractivity contribution < 1.29 is 4.39 Å². The maximum absolute atomic E-state index is 13.0. The van der Waals surface area contributed by atoms with Crippen molar-refractivity contribution in [1.82, 2.24) is 5.32 Å². The number of piperidine rings is 1. The molecule has 0 spiro atoms. The number of nitrogens with one attached hydrogen (secondary N) is 1. The van der Waals surface area contributed by atoms with Crippen molar-refractivity contribution in [2.24, 2.45) is 0 Å². The molecule has 14 heavy (non-hydrogen) atoms. The lowest BCUT2D eigenvalue weighted by Crippen LogP contribution is -2.26. The monoisotopic (exact) mass is 305 g/mol. The first-order valence-electron chi connectivity index (χ1n) is 4.96. The Morgan fingerprint density at radius 2 is 2.21 bits per heavy atom. The van der Waals surface area contributed by atoms with E-state index in [1.165, 1.54) is 24.8 Å². The molecule has 1 heterocycles. The van der Waals surface area contributed by atoms with Gasteiger partial charge in [0.15, 0.2) is 0 Å². The summed E-state index contributed by atoms with van der Waals surface area (Å²) in [6, 6.07) is 5.82. The summed E-state index contributed by atoms with van der Waals surface area (Å²) in [5.74, 6) is -0.120. The summed E-state index contributed by atoms with van der Waals surface area (Å²) in [7, 11) is 0. The highest BCUT2D eigenvalue weighted by Crippen LogP contribution is 2.24. The molecule has 1 fully saturated rings. The molecule has 1 aliphatic heterocycles. The normalized spacial score (nSPS) is 22.3. The van der Waals surface area contributed by atoms with E-state index >= 15 is 0 Å². The van der Waals surface area contributed by atoms with Gasteiger partial charge in [-0.3, -0.25) is 0 Å². The number of hydrogen-bond acceptors (Lipinski definition) is 1. The van der Waals surface area contributed by atoms with E-state index in [-0.39, 0.29) is 5.82 Å². The Balaban J connectivity index is 2.18. The Morgan fingerprint density at radius 3 is 2.86 bits per heavy atom. The van der Waals surface area contributed by atoms with Gasteiger partial charge in [0.1, 0.15) is 5.82 Å². The zero-order valence-electron chi connectivity index (χ0n) is 7.89. The maximum atomic E-state index is 13.0. The van der Waals surface area contributed by atoms with Gasteiger partial charge in [-0.05, 0) is 59.7 Å². The minimum Gasteiger partial charge on any atom is -0.310 e. The van der Waals surface area contributed by atoms with Crippen LogP contribution in [-0.2, 0) is 0 Å². The fourth-order valence-corrected chi connectivity index (χ4v) is 2.40. The summed E-state index contributed by atoms with van der Waals surface area (Å²) in [6.45, 7) is 1.08. The minimum atomic E-state index is -0.120. The summed E-state index contributed by atoms with van der Waals surface area (Å²) in [4.78, 5) is 0. The molecule has 0 saturated carbocycles. The quantitative estimate of drug-likeness (QED) is 0.786. The van der Waals surface area contributed by atoms with E-state index in [0.717, 1.165) is 6.54 Å². The molecule has 0 unspecified atom stereocenters. The Hall–Kier alpha value is -0.160. The van der Waals surface area contributed by atoms with Crippen LogP contribution in [0.4, 0.5) is 4.39 Å². The summed E-state index contributed by atoms with van der Waals surface area (Å²) in [5, 5.41) is 3.46. The molecule has 1 aromatic rings. The molecule has 1 aliphatic rings. The zero-order valence-corrected chi connectivity index (χ0v) is 10.1. The third-order valence-corrected chi connectivity index (χ3v) is 3.48. The molecule has 0 bridgehead atoms. The van der Waals surface area contributed by atoms with Gasteiger partial charge in [0.2, 0.25) is 0 Å². The molecule has 1 aromatic carbocycles. The molecule has 1 nitrogen and oxygen atoms in total. The van der Waals surface area contributed by atoms with Crippen molar-refractivity contribution in [2.45, 2.75) is 25.3 Å². The second-order valence-electron chi connectivity index (χ2n) is 3.68. The Morgan fingerprint density at radius 1 is 1.36 bits per heavy atom. The molecule has 76 valence electrons. The minimum absolute atomic E-state index is 0.120. The van der Waals surface area contributed by atoms with Gasteiger partial charge in [0.25, 0.3) is 0 Å². The molecule has 1 saturated heterocycles. The zero-order chi connectivity index (χ0) is 9.97. The second kappa shape index (κ2) is 4.57. The Labute approximate surface area is 97.2 Å². The first kappa shape index (κ1) is 10.4. The van der Waals surface area contributed by atoms with Crippen molar-refractivity contribution in [2.75, 3.05) is 6.54 Å². The van der Waals surface area contributed by atoms with Gasteiger partial charge in [-0.15, -0.1) is 0 Å². The van der Waals surface area contributed by atoms with Crippen LogP contribution in [0.25, 0.3) is 0 Å². The van der Waals surface area contributed by atoms with Crippen LogP contribution in [0, 0.1) is 9.39 Å². The molecular formula is C11H13FIN. The van der Waals surface area contributed by atoms with Crippen molar-refractivity contribution in [3.63, 3.8) is 0 Å². The van der Waals surface area contributed by atoms with E-state index < -0.39 is 0 Å². The fraction of sp³-hybridized carbons (Fsp3) is 0.455. The van der Waals surface area contributed by atoms with Gasteiger partial charge in [0, 0.05) is 9.61 Å². The molecule has 0 amide bonds. The summed E-state index contributed by atoms with van der Waals surface area (Å²) in [5.41, 5.74) is 1.22. The molecule has 0 aromatic heterocycles. The van der Waals surface area contributed by atoms with Gasteiger partial charge in [-0.1, -0.05) is 12.5 Å². The predicted molar refractivity (Wildman–Crippen MR) is 63.7 cm³/mol. The van der Waals surface area contributed by atoms with Crippen LogP contribution in [0.15, 0.2) is 18.2 Å². The maximum Gasteiger partial charge on any atom is 0.136 e. The third-order valence-electron chi connectivity index (χ3n) is 2.66. The van der Waals surface area contributed by atoms with Crippen molar-refractivity contribution in [3.05, 3.63) is 33.1 Å². The van der Waals surface area contributed by atoms with E-state index in [1.807, 2.05) is 34.7 Å². The average Bonchev–Trinajstić information content (AvgIpc) is 2.23. The summed E-state index contributed by atoms with van der Waals surface area (Å²) < 4.78 is 13.8. The molecule has 1 N–H and O–H groups in total. The highest BCUT2D eigenvalue weighted by Gasteiger charge is 2.15. The van der Waals surface area contributed by atoms with E-state index in [0.29, 0.717) is 9.61 Å². The van der Waals surface area contributed by atoms with Crippen LogP contribution in [0.1, 0.15) is 30.9 Å². The lowest BCUT2D eigenvalue weighted by molar-refractivity contribution is 0.411. The van der Waals surface area contributed by atoms with E-state index in [4.69, 9.17) is 0 Å². The molecule has 1 atom stereocenters. The van der Waals surface area contributed by atoms with Gasteiger partial charge in [0.05, 0.1) is 0 Å². The summed E-state index contributed by atoms with van der Waals surface area (Å²) in [6.07, 6.45) is 3.70.